The summed E-state index contributed by atoms with van der Waals surface area (Å²) in [7, 11) is 0. The predicted molar refractivity (Wildman–Crippen MR) is 62.9 cm³/mol. The van der Waals surface area contributed by atoms with Gasteiger partial charge in [-0.25, -0.2) is 27.2 Å². The zero-order chi connectivity index (χ0) is 24.3. The zero-order valence-corrected chi connectivity index (χ0v) is 13.4. The molecule has 0 amide bonds. The van der Waals surface area contributed by atoms with Crippen LogP contribution in [-0.2, 0) is 19.1 Å². The van der Waals surface area contributed by atoms with Crippen LogP contribution in [0.2, 0.25) is 0 Å². The Morgan fingerprint density at radius 2 is 0.767 bits per heavy atom. The van der Waals surface area contributed by atoms with Crippen LogP contribution >= 0.6 is 0 Å². The monoisotopic (exact) mass is 480 g/mol. The van der Waals surface area contributed by atoms with E-state index in [1.54, 1.807) is 0 Å². The first-order chi connectivity index (χ1) is 13.2. The molecule has 0 bridgehead atoms. The molecule has 2 unspecified atom stereocenters. The molecule has 4 nitrogen and oxygen atoms in total. The lowest BCUT2D eigenvalue weighted by molar-refractivity contribution is -0.318. The van der Waals surface area contributed by atoms with Gasteiger partial charge in [0.2, 0.25) is 0 Å². The highest BCUT2D eigenvalue weighted by Crippen LogP contribution is 2.44. The maximum Gasteiger partial charge on any atom is 0.381 e. The lowest BCUT2D eigenvalue weighted by atomic mass is 10.2. The molecular formula is C12H6F14O4. The van der Waals surface area contributed by atoms with Crippen molar-refractivity contribution in [3.8, 4) is 0 Å². The normalized spacial score (nSPS) is 16.1. The SMILES string of the molecule is O=C(C=CC(=O)OC(F)C(F)(F)C(F)(F)C(F)F)OC(F)C(F)(F)C(F)(F)C(F)F. The molecule has 18 heteroatoms. The van der Waals surface area contributed by atoms with Crippen molar-refractivity contribution in [2.75, 3.05) is 0 Å². The Morgan fingerprint density at radius 3 is 0.967 bits per heavy atom. The minimum absolute atomic E-state index is 0.582. The molecule has 30 heavy (non-hydrogen) atoms. The second kappa shape index (κ2) is 9.23. The molecule has 0 rings (SSSR count). The number of carbonyl (C=O) groups is 2. The molecule has 0 saturated carbocycles. The summed E-state index contributed by atoms with van der Waals surface area (Å²) < 4.78 is 180. The molecule has 0 aromatic heterocycles. The van der Waals surface area contributed by atoms with E-state index in [0.717, 1.165) is 0 Å². The Hall–Kier alpha value is -2.30. The molecule has 0 aromatic carbocycles. The minimum Gasteiger partial charge on any atom is -0.421 e. The van der Waals surface area contributed by atoms with Crippen molar-refractivity contribution in [3.63, 3.8) is 0 Å². The standard InChI is InChI=1S/C12H6F14O4/c13-5(14)9(19,20)11(23,24)7(17)29-3(27)1-2-4(28)30-8(18)12(25,26)10(21,22)6(15)16/h1-2,5-8H. The van der Waals surface area contributed by atoms with E-state index in [2.05, 4.69) is 9.47 Å². The smallest absolute Gasteiger partial charge is 0.381 e. The molecule has 0 spiro atoms. The van der Waals surface area contributed by atoms with Gasteiger partial charge < -0.3 is 9.47 Å². The summed E-state index contributed by atoms with van der Waals surface area (Å²) in [6, 6.07) is 0. The average molecular weight is 480 g/mol. The molecule has 0 aromatic rings. The Kier molecular flexibility index (Phi) is 8.53. The van der Waals surface area contributed by atoms with E-state index in [-0.39, 0.29) is 0 Å². The Balaban J connectivity index is 5.08. The number of carbonyl (C=O) groups excluding carboxylic acids is 2. The van der Waals surface area contributed by atoms with Crippen LogP contribution in [0.15, 0.2) is 12.2 Å². The molecule has 0 aliphatic heterocycles. The highest BCUT2D eigenvalue weighted by molar-refractivity contribution is 5.91. The summed E-state index contributed by atoms with van der Waals surface area (Å²) in [5.41, 5.74) is 0. The number of hydrogen-bond donors (Lipinski definition) is 0. The predicted octanol–water partition coefficient (Wildman–Crippen LogP) is 4.29. The number of hydrogen-bond acceptors (Lipinski definition) is 4. The fourth-order valence-corrected chi connectivity index (χ4v) is 1.16. The highest BCUT2D eigenvalue weighted by Gasteiger charge is 2.70. The second-order valence-electron chi connectivity index (χ2n) is 4.93. The zero-order valence-electron chi connectivity index (χ0n) is 13.4. The molecule has 2 atom stereocenters. The molecule has 0 N–H and O–H groups in total. The van der Waals surface area contributed by atoms with Gasteiger partial charge in [0.15, 0.2) is 0 Å². The quantitative estimate of drug-likeness (QED) is 0.266. The van der Waals surface area contributed by atoms with Crippen LogP contribution in [0.5, 0.6) is 0 Å². The molecule has 176 valence electrons. The average Bonchev–Trinajstić information content (AvgIpc) is 2.58. The third kappa shape index (κ3) is 5.65. The maximum absolute atomic E-state index is 12.9. The summed E-state index contributed by atoms with van der Waals surface area (Å²) in [6.07, 6.45) is -20.9. The van der Waals surface area contributed by atoms with Crippen molar-refractivity contribution < 1.29 is 80.5 Å². The first kappa shape index (κ1) is 27.7. The topological polar surface area (TPSA) is 52.6 Å². The summed E-state index contributed by atoms with van der Waals surface area (Å²) in [5.74, 6) is -30.3. The van der Waals surface area contributed by atoms with Crippen molar-refractivity contribution >= 4 is 11.9 Å². The molecule has 0 heterocycles. The van der Waals surface area contributed by atoms with Crippen molar-refractivity contribution in [1.29, 1.82) is 0 Å². The van der Waals surface area contributed by atoms with Crippen molar-refractivity contribution in [2.45, 2.75) is 49.3 Å². The van der Waals surface area contributed by atoms with Crippen molar-refractivity contribution in [3.05, 3.63) is 12.2 Å². The number of ether oxygens (including phenoxy) is 2. The number of esters is 2. The van der Waals surface area contributed by atoms with Crippen LogP contribution < -0.4 is 0 Å². The van der Waals surface area contributed by atoms with Crippen LogP contribution in [0.25, 0.3) is 0 Å². The van der Waals surface area contributed by atoms with E-state index in [0.29, 0.717) is 0 Å². The van der Waals surface area contributed by atoms with Crippen LogP contribution in [0.1, 0.15) is 0 Å². The van der Waals surface area contributed by atoms with Gasteiger partial charge in [0, 0.05) is 12.2 Å². The molecule has 0 radical (unpaired) electrons. The Bertz CT molecular complexity index is 593. The van der Waals surface area contributed by atoms with Crippen LogP contribution in [-0.4, -0.2) is 61.2 Å². The van der Waals surface area contributed by atoms with Gasteiger partial charge >= 0.3 is 61.2 Å². The largest absolute Gasteiger partial charge is 0.421 e. The van der Waals surface area contributed by atoms with Gasteiger partial charge in [-0.15, -0.1) is 0 Å². The van der Waals surface area contributed by atoms with Gasteiger partial charge in [-0.3, -0.25) is 0 Å². The second-order valence-corrected chi connectivity index (χ2v) is 4.93. The van der Waals surface area contributed by atoms with Crippen LogP contribution in [0.3, 0.4) is 0 Å². The van der Waals surface area contributed by atoms with E-state index in [4.69, 9.17) is 0 Å². The Morgan fingerprint density at radius 1 is 0.533 bits per heavy atom. The minimum atomic E-state index is -6.34. The van der Waals surface area contributed by atoms with E-state index >= 15 is 0 Å². The van der Waals surface area contributed by atoms with E-state index in [1.807, 2.05) is 0 Å². The maximum atomic E-state index is 12.9. The third-order valence-electron chi connectivity index (χ3n) is 2.80. The third-order valence-corrected chi connectivity index (χ3v) is 2.80. The van der Waals surface area contributed by atoms with Crippen molar-refractivity contribution in [1.82, 2.24) is 0 Å². The van der Waals surface area contributed by atoms with Crippen LogP contribution in [0, 0.1) is 0 Å². The fourth-order valence-electron chi connectivity index (χ4n) is 1.16. The van der Waals surface area contributed by atoms with Gasteiger partial charge in [-0.1, -0.05) is 0 Å². The van der Waals surface area contributed by atoms with Gasteiger partial charge in [0.1, 0.15) is 0 Å². The first-order valence-electron chi connectivity index (χ1n) is 6.67. The molecular weight excluding hydrogens is 474 g/mol. The Labute approximate surface area is 155 Å². The molecule has 0 fully saturated rings. The summed E-state index contributed by atoms with van der Waals surface area (Å²) >= 11 is 0. The lowest BCUT2D eigenvalue weighted by Crippen LogP contribution is -2.53. The summed E-state index contributed by atoms with van der Waals surface area (Å²) in [5, 5.41) is 0. The number of halogens is 14. The van der Waals surface area contributed by atoms with Gasteiger partial charge in [0.05, 0.1) is 0 Å². The molecule has 0 aliphatic carbocycles. The molecule has 0 aliphatic rings. The lowest BCUT2D eigenvalue weighted by Gasteiger charge is -2.27. The highest BCUT2D eigenvalue weighted by atomic mass is 19.4. The number of rotatable bonds is 10. The fraction of sp³-hybridized carbons (Fsp3) is 0.667. The van der Waals surface area contributed by atoms with Gasteiger partial charge in [0.25, 0.3) is 0 Å². The summed E-state index contributed by atoms with van der Waals surface area (Å²) in [6.45, 7) is 0. The van der Waals surface area contributed by atoms with E-state index < -0.39 is 73.3 Å². The molecule has 0 saturated heterocycles. The number of alkyl halides is 14. The van der Waals surface area contributed by atoms with Crippen molar-refractivity contribution in [2.24, 2.45) is 0 Å². The van der Waals surface area contributed by atoms with Gasteiger partial charge in [-0.05, 0) is 0 Å². The first-order valence-corrected chi connectivity index (χ1v) is 6.67. The van der Waals surface area contributed by atoms with E-state index in [1.165, 1.54) is 0 Å². The van der Waals surface area contributed by atoms with Gasteiger partial charge in [-0.2, -0.15) is 43.9 Å². The van der Waals surface area contributed by atoms with Crippen LogP contribution in [0.4, 0.5) is 61.5 Å². The van der Waals surface area contributed by atoms with E-state index in [9.17, 15) is 71.1 Å². The summed E-state index contributed by atoms with van der Waals surface area (Å²) in [4.78, 5) is 21.7.